The van der Waals surface area contributed by atoms with Crippen molar-refractivity contribution in [3.63, 3.8) is 0 Å². The number of hydrogen-bond acceptors (Lipinski definition) is 4. The van der Waals surface area contributed by atoms with Gasteiger partial charge in [0, 0.05) is 6.20 Å². The fraction of sp³-hybridized carbons (Fsp3) is 0.133. The minimum Gasteiger partial charge on any atom is -0.474 e. The second-order valence-electron chi connectivity index (χ2n) is 4.51. The van der Waals surface area contributed by atoms with Crippen LogP contribution in [0.15, 0.2) is 54.1 Å². The summed E-state index contributed by atoms with van der Waals surface area (Å²) in [6.07, 6.45) is 3.16. The average Bonchev–Trinajstić information content (AvgIpc) is 2.53. The van der Waals surface area contributed by atoms with Crippen LogP contribution in [-0.2, 0) is 10.0 Å². The van der Waals surface area contributed by atoms with E-state index < -0.39 is 10.0 Å². The molecule has 0 aliphatic carbocycles. The molecule has 0 spiro atoms. The number of benzene rings is 1. The molecule has 6 heteroatoms. The Morgan fingerprint density at radius 1 is 1.14 bits per heavy atom. The Balaban J connectivity index is 1.91. The van der Waals surface area contributed by atoms with Crippen LogP contribution in [0.3, 0.4) is 0 Å². The Morgan fingerprint density at radius 3 is 2.76 bits per heavy atom. The molecule has 0 atom stereocenters. The predicted octanol–water partition coefficient (Wildman–Crippen LogP) is 2.28. The lowest BCUT2D eigenvalue weighted by Gasteiger charge is -2.28. The van der Waals surface area contributed by atoms with Gasteiger partial charge < -0.3 is 4.74 Å². The van der Waals surface area contributed by atoms with E-state index in [-0.39, 0.29) is 6.54 Å². The van der Waals surface area contributed by atoms with Crippen LogP contribution in [0.25, 0.3) is 6.08 Å². The molecule has 0 saturated heterocycles. The van der Waals surface area contributed by atoms with E-state index in [1.165, 1.54) is 9.71 Å². The number of anilines is 1. The largest absolute Gasteiger partial charge is 0.474 e. The van der Waals surface area contributed by atoms with Crippen LogP contribution < -0.4 is 9.04 Å². The Hall–Kier alpha value is -2.34. The van der Waals surface area contributed by atoms with E-state index in [1.807, 2.05) is 30.3 Å². The maximum absolute atomic E-state index is 12.5. The zero-order valence-corrected chi connectivity index (χ0v) is 12.0. The Morgan fingerprint density at radius 2 is 1.95 bits per heavy atom. The van der Waals surface area contributed by atoms with E-state index in [2.05, 4.69) is 4.98 Å². The SMILES string of the molecule is O=S(=O)(/C=C/c1ccccc1)N1CCOc2ncccc21. The molecule has 1 aliphatic heterocycles. The number of sulfonamides is 1. The first-order valence-electron chi connectivity index (χ1n) is 6.50. The zero-order chi connectivity index (χ0) is 14.7. The summed E-state index contributed by atoms with van der Waals surface area (Å²) in [5, 5.41) is 1.21. The van der Waals surface area contributed by atoms with E-state index in [0.29, 0.717) is 18.2 Å². The first-order chi connectivity index (χ1) is 10.2. The summed E-state index contributed by atoms with van der Waals surface area (Å²) in [5.74, 6) is 0.348. The Kier molecular flexibility index (Phi) is 3.62. The third kappa shape index (κ3) is 2.90. The first-order valence-corrected chi connectivity index (χ1v) is 8.01. The van der Waals surface area contributed by atoms with Crippen LogP contribution in [0.4, 0.5) is 5.69 Å². The van der Waals surface area contributed by atoms with Crippen molar-refractivity contribution in [3.05, 3.63) is 59.6 Å². The third-order valence-corrected chi connectivity index (χ3v) is 4.57. The average molecular weight is 302 g/mol. The molecular formula is C15H14N2O3S. The summed E-state index contributed by atoms with van der Waals surface area (Å²) in [4.78, 5) is 4.05. The summed E-state index contributed by atoms with van der Waals surface area (Å²) in [6, 6.07) is 12.7. The van der Waals surface area contributed by atoms with E-state index in [9.17, 15) is 8.42 Å². The van der Waals surface area contributed by atoms with Crippen LogP contribution in [-0.4, -0.2) is 26.6 Å². The number of fused-ring (bicyclic) bond motifs is 1. The molecule has 1 aromatic heterocycles. The second kappa shape index (κ2) is 5.57. The normalized spacial score (nSPS) is 14.8. The highest BCUT2D eigenvalue weighted by atomic mass is 32.2. The van der Waals surface area contributed by atoms with Crippen molar-refractivity contribution in [1.29, 1.82) is 0 Å². The topological polar surface area (TPSA) is 59.5 Å². The van der Waals surface area contributed by atoms with Gasteiger partial charge in [0.1, 0.15) is 12.3 Å². The molecule has 0 saturated carbocycles. The number of ether oxygens (including phenoxy) is 1. The van der Waals surface area contributed by atoms with Gasteiger partial charge in [0.2, 0.25) is 5.88 Å². The Labute approximate surface area is 123 Å². The number of nitrogens with zero attached hydrogens (tertiary/aromatic N) is 2. The highest BCUT2D eigenvalue weighted by Gasteiger charge is 2.27. The minimum absolute atomic E-state index is 0.278. The molecule has 5 nitrogen and oxygen atoms in total. The molecule has 108 valence electrons. The van der Waals surface area contributed by atoms with Crippen molar-refractivity contribution in [2.75, 3.05) is 17.5 Å². The molecule has 0 radical (unpaired) electrons. The zero-order valence-electron chi connectivity index (χ0n) is 11.2. The van der Waals surface area contributed by atoms with Gasteiger partial charge in [-0.1, -0.05) is 30.3 Å². The van der Waals surface area contributed by atoms with Crippen molar-refractivity contribution in [2.45, 2.75) is 0 Å². The van der Waals surface area contributed by atoms with Gasteiger partial charge in [0.25, 0.3) is 10.0 Å². The molecule has 0 bridgehead atoms. The van der Waals surface area contributed by atoms with Crippen molar-refractivity contribution >= 4 is 21.8 Å². The minimum atomic E-state index is -3.56. The molecule has 2 aromatic rings. The summed E-state index contributed by atoms with van der Waals surface area (Å²) >= 11 is 0. The van der Waals surface area contributed by atoms with Crippen molar-refractivity contribution < 1.29 is 13.2 Å². The molecule has 1 aliphatic rings. The maximum Gasteiger partial charge on any atom is 0.257 e. The van der Waals surface area contributed by atoms with Gasteiger partial charge >= 0.3 is 0 Å². The molecule has 0 amide bonds. The van der Waals surface area contributed by atoms with Crippen molar-refractivity contribution in [2.24, 2.45) is 0 Å². The molecule has 21 heavy (non-hydrogen) atoms. The number of aromatic nitrogens is 1. The maximum atomic E-state index is 12.5. The predicted molar refractivity (Wildman–Crippen MR) is 81.5 cm³/mol. The highest BCUT2D eigenvalue weighted by molar-refractivity contribution is 7.95. The van der Waals surface area contributed by atoms with Gasteiger partial charge in [0.15, 0.2) is 0 Å². The molecule has 0 N–H and O–H groups in total. The van der Waals surface area contributed by atoms with Crippen LogP contribution in [0.5, 0.6) is 5.88 Å². The van der Waals surface area contributed by atoms with Crippen LogP contribution in [0, 0.1) is 0 Å². The summed E-state index contributed by atoms with van der Waals surface area (Å²) in [6.45, 7) is 0.572. The van der Waals surface area contributed by atoms with Gasteiger partial charge in [-0.15, -0.1) is 0 Å². The van der Waals surface area contributed by atoms with E-state index in [4.69, 9.17) is 4.74 Å². The van der Waals surface area contributed by atoms with Crippen LogP contribution in [0.2, 0.25) is 0 Å². The monoisotopic (exact) mass is 302 g/mol. The molecule has 1 aromatic carbocycles. The second-order valence-corrected chi connectivity index (χ2v) is 6.25. The quantitative estimate of drug-likeness (QED) is 0.873. The first kappa shape index (κ1) is 13.6. The molecule has 0 unspecified atom stereocenters. The van der Waals surface area contributed by atoms with Crippen LogP contribution in [0.1, 0.15) is 5.56 Å². The summed E-state index contributed by atoms with van der Waals surface area (Å²) < 4.78 is 31.6. The standard InChI is InChI=1S/C15H14N2O3S/c18-21(19,12-8-13-5-2-1-3-6-13)17-10-11-20-15-14(17)7-4-9-16-15/h1-9,12H,10-11H2/b12-8+. The molecular weight excluding hydrogens is 288 g/mol. The fourth-order valence-corrected chi connectivity index (χ4v) is 3.31. The smallest absolute Gasteiger partial charge is 0.257 e. The third-order valence-electron chi connectivity index (χ3n) is 3.09. The van der Waals surface area contributed by atoms with Crippen LogP contribution >= 0.6 is 0 Å². The lowest BCUT2D eigenvalue weighted by atomic mass is 10.2. The van der Waals surface area contributed by atoms with Gasteiger partial charge in [-0.2, -0.15) is 0 Å². The number of pyridine rings is 1. The Bertz CT molecular complexity index is 757. The lowest BCUT2D eigenvalue weighted by molar-refractivity contribution is 0.303. The van der Waals surface area contributed by atoms with E-state index in [0.717, 1.165) is 5.56 Å². The van der Waals surface area contributed by atoms with Crippen molar-refractivity contribution in [3.8, 4) is 5.88 Å². The van der Waals surface area contributed by atoms with Gasteiger partial charge in [-0.05, 0) is 23.8 Å². The fourth-order valence-electron chi connectivity index (χ4n) is 2.10. The molecule has 0 fully saturated rings. The van der Waals surface area contributed by atoms with E-state index >= 15 is 0 Å². The molecule has 3 rings (SSSR count). The summed E-state index contributed by atoms with van der Waals surface area (Å²) in [5.41, 5.74) is 1.31. The van der Waals surface area contributed by atoms with Gasteiger partial charge in [0.05, 0.1) is 12.0 Å². The number of hydrogen-bond donors (Lipinski definition) is 0. The molecule has 2 heterocycles. The van der Waals surface area contributed by atoms with Gasteiger partial charge in [-0.25, -0.2) is 13.4 Å². The lowest BCUT2D eigenvalue weighted by Crippen LogP contribution is -2.36. The highest BCUT2D eigenvalue weighted by Crippen LogP contribution is 2.31. The van der Waals surface area contributed by atoms with Crippen molar-refractivity contribution in [1.82, 2.24) is 4.98 Å². The van der Waals surface area contributed by atoms with E-state index in [1.54, 1.807) is 24.4 Å². The summed E-state index contributed by atoms with van der Waals surface area (Å²) in [7, 11) is -3.56. The number of rotatable bonds is 3. The van der Waals surface area contributed by atoms with Gasteiger partial charge in [-0.3, -0.25) is 4.31 Å².